The topological polar surface area (TPSA) is 68.0 Å². The van der Waals surface area contributed by atoms with Crippen LogP contribution in [0.2, 0.25) is 5.02 Å². The SMILES string of the molecule is Cc1cccc(-c2noc(CNC(=O)/C=C/c3ccc(Cl)cc3)n2)c1. The standard InChI is InChI=1S/C19H16ClN3O2/c1-13-3-2-4-15(11-13)19-22-18(25-23-19)12-21-17(24)10-7-14-5-8-16(20)9-6-14/h2-11H,12H2,1H3,(H,21,24)/b10-7+. The van der Waals surface area contributed by atoms with Crippen LogP contribution >= 0.6 is 11.6 Å². The van der Waals surface area contributed by atoms with Gasteiger partial charge < -0.3 is 9.84 Å². The monoisotopic (exact) mass is 353 g/mol. The van der Waals surface area contributed by atoms with Gasteiger partial charge in [-0.1, -0.05) is 52.7 Å². The van der Waals surface area contributed by atoms with Gasteiger partial charge >= 0.3 is 0 Å². The molecule has 5 nitrogen and oxygen atoms in total. The van der Waals surface area contributed by atoms with E-state index in [1.807, 2.05) is 43.3 Å². The smallest absolute Gasteiger partial charge is 0.246 e. The molecule has 0 radical (unpaired) electrons. The van der Waals surface area contributed by atoms with Crippen molar-refractivity contribution in [3.05, 3.63) is 76.6 Å². The van der Waals surface area contributed by atoms with Gasteiger partial charge in [0.2, 0.25) is 17.6 Å². The van der Waals surface area contributed by atoms with Crippen LogP contribution in [0.5, 0.6) is 0 Å². The van der Waals surface area contributed by atoms with Crippen LogP contribution in [0.3, 0.4) is 0 Å². The normalized spacial score (nSPS) is 11.0. The molecule has 0 unspecified atom stereocenters. The Balaban J connectivity index is 1.56. The molecule has 3 aromatic rings. The molecule has 3 rings (SSSR count). The molecular formula is C19H16ClN3O2. The van der Waals surface area contributed by atoms with E-state index in [1.165, 1.54) is 6.08 Å². The lowest BCUT2D eigenvalue weighted by Crippen LogP contribution is -2.20. The van der Waals surface area contributed by atoms with Crippen molar-refractivity contribution in [1.82, 2.24) is 15.5 Å². The highest BCUT2D eigenvalue weighted by Gasteiger charge is 2.09. The van der Waals surface area contributed by atoms with E-state index in [-0.39, 0.29) is 12.5 Å². The van der Waals surface area contributed by atoms with Crippen molar-refractivity contribution >= 4 is 23.6 Å². The zero-order valence-corrected chi connectivity index (χ0v) is 14.3. The van der Waals surface area contributed by atoms with Crippen molar-refractivity contribution in [2.75, 3.05) is 0 Å². The molecule has 126 valence electrons. The first kappa shape index (κ1) is 16.9. The van der Waals surface area contributed by atoms with Gasteiger partial charge in [-0.25, -0.2) is 0 Å². The van der Waals surface area contributed by atoms with E-state index in [0.29, 0.717) is 16.7 Å². The number of carbonyl (C=O) groups is 1. The van der Waals surface area contributed by atoms with Crippen molar-refractivity contribution in [1.29, 1.82) is 0 Å². The summed E-state index contributed by atoms with van der Waals surface area (Å²) in [4.78, 5) is 16.2. The molecule has 1 aromatic heterocycles. The second kappa shape index (κ2) is 7.77. The van der Waals surface area contributed by atoms with E-state index in [2.05, 4.69) is 15.5 Å². The van der Waals surface area contributed by atoms with Gasteiger partial charge in [0.25, 0.3) is 0 Å². The molecule has 0 saturated carbocycles. The molecule has 2 aromatic carbocycles. The number of hydrogen-bond acceptors (Lipinski definition) is 4. The molecule has 0 saturated heterocycles. The van der Waals surface area contributed by atoms with Crippen molar-refractivity contribution in [2.45, 2.75) is 13.5 Å². The third-order valence-corrected chi connectivity index (χ3v) is 3.71. The molecular weight excluding hydrogens is 338 g/mol. The van der Waals surface area contributed by atoms with Crippen LogP contribution in [0.15, 0.2) is 59.1 Å². The highest BCUT2D eigenvalue weighted by atomic mass is 35.5. The van der Waals surface area contributed by atoms with Gasteiger partial charge in [0, 0.05) is 16.7 Å². The highest BCUT2D eigenvalue weighted by molar-refractivity contribution is 6.30. The summed E-state index contributed by atoms with van der Waals surface area (Å²) in [7, 11) is 0. The van der Waals surface area contributed by atoms with E-state index >= 15 is 0 Å². The summed E-state index contributed by atoms with van der Waals surface area (Å²) in [6, 6.07) is 15.0. The van der Waals surface area contributed by atoms with Crippen LogP contribution in [0.25, 0.3) is 17.5 Å². The van der Waals surface area contributed by atoms with E-state index in [9.17, 15) is 4.79 Å². The molecule has 0 aliphatic rings. The third-order valence-electron chi connectivity index (χ3n) is 3.46. The predicted octanol–water partition coefficient (Wildman–Crippen LogP) is 4.03. The van der Waals surface area contributed by atoms with E-state index in [4.69, 9.17) is 16.1 Å². The third kappa shape index (κ3) is 4.78. The molecule has 6 heteroatoms. The summed E-state index contributed by atoms with van der Waals surface area (Å²) < 4.78 is 5.17. The Morgan fingerprint density at radius 3 is 2.80 bits per heavy atom. The summed E-state index contributed by atoms with van der Waals surface area (Å²) in [6.07, 6.45) is 3.15. The molecule has 0 bridgehead atoms. The van der Waals surface area contributed by atoms with Crippen LogP contribution in [0.4, 0.5) is 0 Å². The molecule has 1 amide bonds. The molecule has 0 aliphatic carbocycles. The number of nitrogens with zero attached hydrogens (tertiary/aromatic N) is 2. The first-order valence-corrected chi connectivity index (χ1v) is 8.09. The number of hydrogen-bond donors (Lipinski definition) is 1. The van der Waals surface area contributed by atoms with Gasteiger partial charge in [0.05, 0.1) is 6.54 Å². The minimum absolute atomic E-state index is 0.169. The average molecular weight is 354 g/mol. The maximum Gasteiger partial charge on any atom is 0.246 e. The minimum atomic E-state index is -0.245. The molecule has 0 aliphatic heterocycles. The number of amides is 1. The second-order valence-corrected chi connectivity index (χ2v) is 5.92. The van der Waals surface area contributed by atoms with Crippen LogP contribution in [0, 0.1) is 6.92 Å². The maximum absolute atomic E-state index is 11.9. The number of nitrogens with one attached hydrogen (secondary N) is 1. The lowest BCUT2D eigenvalue weighted by molar-refractivity contribution is -0.116. The molecule has 1 heterocycles. The fourth-order valence-corrected chi connectivity index (χ4v) is 2.32. The fourth-order valence-electron chi connectivity index (χ4n) is 2.20. The Hall–Kier alpha value is -2.92. The number of halogens is 1. The number of benzene rings is 2. The summed E-state index contributed by atoms with van der Waals surface area (Å²) in [5.41, 5.74) is 2.88. The van der Waals surface area contributed by atoms with Crippen LogP contribution < -0.4 is 5.32 Å². The summed E-state index contributed by atoms with van der Waals surface area (Å²) in [6.45, 7) is 2.17. The molecule has 25 heavy (non-hydrogen) atoms. The van der Waals surface area contributed by atoms with Crippen LogP contribution in [0.1, 0.15) is 17.0 Å². The molecule has 0 atom stereocenters. The quantitative estimate of drug-likeness (QED) is 0.703. The van der Waals surface area contributed by atoms with E-state index < -0.39 is 0 Å². The lowest BCUT2D eigenvalue weighted by Gasteiger charge is -1.97. The van der Waals surface area contributed by atoms with Gasteiger partial charge in [0.1, 0.15) is 0 Å². The van der Waals surface area contributed by atoms with Crippen molar-refractivity contribution in [2.24, 2.45) is 0 Å². The first-order chi connectivity index (χ1) is 12.1. The molecule has 0 spiro atoms. The highest BCUT2D eigenvalue weighted by Crippen LogP contribution is 2.16. The Morgan fingerprint density at radius 1 is 1.24 bits per heavy atom. The van der Waals surface area contributed by atoms with Crippen molar-refractivity contribution < 1.29 is 9.32 Å². The molecule has 0 fully saturated rings. The number of rotatable bonds is 5. The van der Waals surface area contributed by atoms with E-state index in [1.54, 1.807) is 18.2 Å². The Bertz CT molecular complexity index is 901. The van der Waals surface area contributed by atoms with Gasteiger partial charge in [-0.3, -0.25) is 4.79 Å². The summed E-state index contributed by atoms with van der Waals surface area (Å²) in [5.74, 6) is 0.611. The fraction of sp³-hybridized carbons (Fsp3) is 0.105. The zero-order valence-electron chi connectivity index (χ0n) is 13.6. The van der Waals surface area contributed by atoms with Crippen molar-refractivity contribution in [3.63, 3.8) is 0 Å². The Kier molecular flexibility index (Phi) is 5.26. The first-order valence-electron chi connectivity index (χ1n) is 7.71. The van der Waals surface area contributed by atoms with Crippen LogP contribution in [-0.2, 0) is 11.3 Å². The number of carbonyl (C=O) groups excluding carboxylic acids is 1. The Morgan fingerprint density at radius 2 is 2.04 bits per heavy atom. The minimum Gasteiger partial charge on any atom is -0.343 e. The average Bonchev–Trinajstić information content (AvgIpc) is 3.08. The van der Waals surface area contributed by atoms with Gasteiger partial charge in [-0.2, -0.15) is 4.98 Å². The molecule has 1 N–H and O–H groups in total. The number of aromatic nitrogens is 2. The zero-order chi connectivity index (χ0) is 17.6. The van der Waals surface area contributed by atoms with Crippen molar-refractivity contribution in [3.8, 4) is 11.4 Å². The lowest BCUT2D eigenvalue weighted by atomic mass is 10.1. The van der Waals surface area contributed by atoms with E-state index in [0.717, 1.165) is 16.7 Å². The maximum atomic E-state index is 11.9. The van der Waals surface area contributed by atoms with Gasteiger partial charge in [0.15, 0.2) is 0 Å². The number of aryl methyl sites for hydroxylation is 1. The second-order valence-electron chi connectivity index (χ2n) is 5.48. The van der Waals surface area contributed by atoms with Crippen LogP contribution in [-0.4, -0.2) is 16.0 Å². The summed E-state index contributed by atoms with van der Waals surface area (Å²) in [5, 5.41) is 7.30. The van der Waals surface area contributed by atoms with Gasteiger partial charge in [-0.15, -0.1) is 0 Å². The predicted molar refractivity (Wildman–Crippen MR) is 96.8 cm³/mol. The summed E-state index contributed by atoms with van der Waals surface area (Å²) >= 11 is 5.82. The largest absolute Gasteiger partial charge is 0.343 e. The van der Waals surface area contributed by atoms with Gasteiger partial charge in [-0.05, 0) is 36.8 Å². The Labute approximate surface area is 150 Å².